The highest BCUT2D eigenvalue weighted by molar-refractivity contribution is 5.69. The van der Waals surface area contributed by atoms with Crippen LogP contribution in [0.25, 0.3) is 11.1 Å². The Kier molecular flexibility index (Phi) is 4.55. The minimum atomic E-state index is 0.474. The van der Waals surface area contributed by atoms with E-state index in [1.165, 1.54) is 16.7 Å². The van der Waals surface area contributed by atoms with Crippen LogP contribution >= 0.6 is 0 Å². The number of nitriles is 1. The van der Waals surface area contributed by atoms with Crippen molar-refractivity contribution in [1.29, 1.82) is 5.26 Å². The van der Waals surface area contributed by atoms with Crippen LogP contribution in [0.5, 0.6) is 0 Å². The average molecular weight is 264 g/mol. The monoisotopic (exact) mass is 264 g/mol. The maximum atomic E-state index is 9.02. The standard InChI is InChI=1S/C18H20N2/c1-13(2)20-12-16-8-7-14(3)18(10-16)17-6-4-5-15(9-17)11-19/h4-10,13,20H,12H2,1-3H3. The minimum absolute atomic E-state index is 0.474. The van der Waals surface area contributed by atoms with Crippen LogP contribution in [-0.4, -0.2) is 6.04 Å². The third kappa shape index (κ3) is 3.46. The number of hydrogen-bond donors (Lipinski definition) is 1. The molecular weight excluding hydrogens is 244 g/mol. The van der Waals surface area contributed by atoms with E-state index in [0.717, 1.165) is 12.1 Å². The van der Waals surface area contributed by atoms with Crippen molar-refractivity contribution in [2.24, 2.45) is 0 Å². The van der Waals surface area contributed by atoms with Crippen LogP contribution in [-0.2, 0) is 6.54 Å². The Labute approximate surface area is 121 Å². The lowest BCUT2D eigenvalue weighted by Crippen LogP contribution is -2.21. The molecule has 0 saturated heterocycles. The van der Waals surface area contributed by atoms with E-state index >= 15 is 0 Å². The highest BCUT2D eigenvalue weighted by atomic mass is 14.9. The van der Waals surface area contributed by atoms with Crippen molar-refractivity contribution in [3.05, 3.63) is 59.2 Å². The van der Waals surface area contributed by atoms with E-state index < -0.39 is 0 Å². The molecule has 0 bridgehead atoms. The van der Waals surface area contributed by atoms with E-state index in [9.17, 15) is 0 Å². The summed E-state index contributed by atoms with van der Waals surface area (Å²) in [5.41, 5.74) is 5.50. The first-order valence-corrected chi connectivity index (χ1v) is 6.93. The normalized spacial score (nSPS) is 10.6. The van der Waals surface area contributed by atoms with E-state index in [0.29, 0.717) is 11.6 Å². The van der Waals surface area contributed by atoms with Gasteiger partial charge in [-0.3, -0.25) is 0 Å². The third-order valence-corrected chi connectivity index (χ3v) is 3.32. The summed E-state index contributed by atoms with van der Waals surface area (Å²) in [6.07, 6.45) is 0. The summed E-state index contributed by atoms with van der Waals surface area (Å²) >= 11 is 0. The van der Waals surface area contributed by atoms with Crippen LogP contribution < -0.4 is 5.32 Å². The van der Waals surface area contributed by atoms with Gasteiger partial charge in [0.1, 0.15) is 0 Å². The predicted molar refractivity (Wildman–Crippen MR) is 83.3 cm³/mol. The highest BCUT2D eigenvalue weighted by Gasteiger charge is 2.05. The van der Waals surface area contributed by atoms with Crippen LogP contribution in [0.2, 0.25) is 0 Å². The first-order valence-electron chi connectivity index (χ1n) is 6.93. The number of aryl methyl sites for hydroxylation is 1. The van der Waals surface area contributed by atoms with E-state index in [-0.39, 0.29) is 0 Å². The molecule has 0 fully saturated rings. The summed E-state index contributed by atoms with van der Waals surface area (Å²) in [5, 5.41) is 12.4. The number of hydrogen-bond acceptors (Lipinski definition) is 2. The third-order valence-electron chi connectivity index (χ3n) is 3.32. The van der Waals surface area contributed by atoms with Crippen molar-refractivity contribution in [3.8, 4) is 17.2 Å². The zero-order valence-corrected chi connectivity index (χ0v) is 12.3. The molecule has 0 aliphatic carbocycles. The van der Waals surface area contributed by atoms with Gasteiger partial charge in [-0.1, -0.05) is 38.1 Å². The Bertz CT molecular complexity index is 636. The molecule has 2 rings (SSSR count). The van der Waals surface area contributed by atoms with Crippen molar-refractivity contribution < 1.29 is 0 Å². The van der Waals surface area contributed by atoms with Crippen molar-refractivity contribution in [2.45, 2.75) is 33.4 Å². The van der Waals surface area contributed by atoms with Crippen molar-refractivity contribution in [2.75, 3.05) is 0 Å². The Morgan fingerprint density at radius 3 is 2.65 bits per heavy atom. The van der Waals surface area contributed by atoms with Gasteiger partial charge in [0.25, 0.3) is 0 Å². The van der Waals surface area contributed by atoms with Crippen molar-refractivity contribution >= 4 is 0 Å². The summed E-state index contributed by atoms with van der Waals surface area (Å²) in [7, 11) is 0. The van der Waals surface area contributed by atoms with Gasteiger partial charge < -0.3 is 5.32 Å². The summed E-state index contributed by atoms with van der Waals surface area (Å²) in [5.74, 6) is 0. The molecule has 2 heteroatoms. The second-order valence-corrected chi connectivity index (χ2v) is 5.38. The van der Waals surface area contributed by atoms with Gasteiger partial charge in [0.2, 0.25) is 0 Å². The first-order chi connectivity index (χ1) is 9.60. The molecule has 0 radical (unpaired) electrons. The summed E-state index contributed by atoms with van der Waals surface area (Å²) in [6, 6.07) is 17.0. The molecule has 102 valence electrons. The maximum Gasteiger partial charge on any atom is 0.0991 e. The molecule has 2 aromatic rings. The first kappa shape index (κ1) is 14.3. The molecule has 0 aliphatic rings. The molecule has 0 aliphatic heterocycles. The van der Waals surface area contributed by atoms with Crippen LogP contribution in [0.15, 0.2) is 42.5 Å². The van der Waals surface area contributed by atoms with Crippen LogP contribution in [0.3, 0.4) is 0 Å². The van der Waals surface area contributed by atoms with E-state index in [1.54, 1.807) is 0 Å². The van der Waals surface area contributed by atoms with Crippen LogP contribution in [0.4, 0.5) is 0 Å². The quantitative estimate of drug-likeness (QED) is 0.905. The molecule has 0 aromatic heterocycles. The van der Waals surface area contributed by atoms with Gasteiger partial charge in [-0.2, -0.15) is 5.26 Å². The molecule has 20 heavy (non-hydrogen) atoms. The summed E-state index contributed by atoms with van der Waals surface area (Å²) in [4.78, 5) is 0. The van der Waals surface area contributed by atoms with Crippen molar-refractivity contribution in [1.82, 2.24) is 5.32 Å². The maximum absolute atomic E-state index is 9.02. The van der Waals surface area contributed by atoms with Crippen LogP contribution in [0.1, 0.15) is 30.5 Å². The van der Waals surface area contributed by atoms with Gasteiger partial charge in [0.15, 0.2) is 0 Å². The fourth-order valence-electron chi connectivity index (χ4n) is 2.17. The zero-order chi connectivity index (χ0) is 14.5. The van der Waals surface area contributed by atoms with E-state index in [1.807, 2.05) is 18.2 Å². The SMILES string of the molecule is Cc1ccc(CNC(C)C)cc1-c1cccc(C#N)c1. The fraction of sp³-hybridized carbons (Fsp3) is 0.278. The fourth-order valence-corrected chi connectivity index (χ4v) is 2.17. The summed E-state index contributed by atoms with van der Waals surface area (Å²) < 4.78 is 0. The van der Waals surface area contributed by atoms with Gasteiger partial charge in [-0.05, 0) is 47.4 Å². The predicted octanol–water partition coefficient (Wildman–Crippen LogP) is 4.03. The minimum Gasteiger partial charge on any atom is -0.310 e. The topological polar surface area (TPSA) is 35.8 Å². The Morgan fingerprint density at radius 2 is 1.95 bits per heavy atom. The van der Waals surface area contributed by atoms with E-state index in [4.69, 9.17) is 5.26 Å². The molecule has 0 amide bonds. The van der Waals surface area contributed by atoms with Crippen LogP contribution in [0, 0.1) is 18.3 Å². The molecule has 0 spiro atoms. The molecule has 0 heterocycles. The highest BCUT2D eigenvalue weighted by Crippen LogP contribution is 2.25. The second-order valence-electron chi connectivity index (χ2n) is 5.38. The molecule has 1 N–H and O–H groups in total. The summed E-state index contributed by atoms with van der Waals surface area (Å²) in [6.45, 7) is 7.26. The Hall–Kier alpha value is -2.11. The zero-order valence-electron chi connectivity index (χ0n) is 12.3. The van der Waals surface area contributed by atoms with Gasteiger partial charge in [0.05, 0.1) is 11.6 Å². The number of benzene rings is 2. The van der Waals surface area contributed by atoms with Gasteiger partial charge in [0, 0.05) is 12.6 Å². The lowest BCUT2D eigenvalue weighted by molar-refractivity contribution is 0.589. The molecule has 0 saturated carbocycles. The Balaban J connectivity index is 2.35. The lowest BCUT2D eigenvalue weighted by atomic mass is 9.97. The Morgan fingerprint density at radius 1 is 1.15 bits per heavy atom. The number of nitrogens with zero attached hydrogens (tertiary/aromatic N) is 1. The number of nitrogens with one attached hydrogen (secondary N) is 1. The molecule has 2 aromatic carbocycles. The molecular formula is C18H20N2. The molecule has 0 atom stereocenters. The smallest absolute Gasteiger partial charge is 0.0991 e. The largest absolute Gasteiger partial charge is 0.310 e. The van der Waals surface area contributed by atoms with Crippen molar-refractivity contribution in [3.63, 3.8) is 0 Å². The van der Waals surface area contributed by atoms with Gasteiger partial charge in [-0.15, -0.1) is 0 Å². The van der Waals surface area contributed by atoms with Gasteiger partial charge in [-0.25, -0.2) is 0 Å². The second kappa shape index (κ2) is 6.36. The van der Waals surface area contributed by atoms with Gasteiger partial charge >= 0.3 is 0 Å². The molecule has 2 nitrogen and oxygen atoms in total. The van der Waals surface area contributed by atoms with E-state index in [2.05, 4.69) is 56.4 Å². The molecule has 0 unspecified atom stereocenters. The lowest BCUT2D eigenvalue weighted by Gasteiger charge is -2.12. The average Bonchev–Trinajstić information content (AvgIpc) is 2.46. The number of rotatable bonds is 4.